The molecule has 6 heteroatoms. The van der Waals surface area contributed by atoms with Gasteiger partial charge in [-0.15, -0.1) is 13.2 Å². The maximum absolute atomic E-state index is 12.2. The van der Waals surface area contributed by atoms with E-state index in [0.717, 1.165) is 17.9 Å². The summed E-state index contributed by atoms with van der Waals surface area (Å²) in [6.45, 7) is 0. The Kier molecular flexibility index (Phi) is 3.71. The van der Waals surface area contributed by atoms with Crippen molar-refractivity contribution < 1.29 is 17.9 Å². The molecule has 1 saturated heterocycles. The van der Waals surface area contributed by atoms with Gasteiger partial charge in [0.2, 0.25) is 0 Å². The normalized spacial score (nSPS) is 20.3. The van der Waals surface area contributed by atoms with E-state index in [-0.39, 0.29) is 11.8 Å². The highest BCUT2D eigenvalue weighted by atomic mass is 32.2. The van der Waals surface area contributed by atoms with Gasteiger partial charge >= 0.3 is 6.36 Å². The summed E-state index contributed by atoms with van der Waals surface area (Å²) in [6.07, 6.45) is -3.69. The van der Waals surface area contributed by atoms with Crippen LogP contribution in [0.25, 0.3) is 0 Å². The molecule has 1 heterocycles. The van der Waals surface area contributed by atoms with Crippen molar-refractivity contribution >= 4 is 17.4 Å². The molecular weight excluding hydrogens is 251 g/mol. The summed E-state index contributed by atoms with van der Waals surface area (Å²) >= 11 is 1.79. The van der Waals surface area contributed by atoms with Gasteiger partial charge in [-0.2, -0.15) is 11.8 Å². The van der Waals surface area contributed by atoms with Crippen LogP contribution in [0.2, 0.25) is 0 Å². The topological polar surface area (TPSA) is 21.3 Å². The van der Waals surface area contributed by atoms with Gasteiger partial charge in [0.25, 0.3) is 0 Å². The number of nitrogens with one attached hydrogen (secondary N) is 1. The zero-order chi connectivity index (χ0) is 12.3. The monoisotopic (exact) mass is 263 g/mol. The third-order valence-electron chi connectivity index (χ3n) is 2.40. The van der Waals surface area contributed by atoms with E-state index in [9.17, 15) is 13.2 Å². The number of benzene rings is 1. The molecule has 94 valence electrons. The predicted molar refractivity (Wildman–Crippen MR) is 62.5 cm³/mol. The lowest BCUT2D eigenvalue weighted by Crippen LogP contribution is -2.21. The van der Waals surface area contributed by atoms with Crippen LogP contribution >= 0.6 is 11.8 Å². The summed E-state index contributed by atoms with van der Waals surface area (Å²) in [5.74, 6) is 1.79. The molecule has 1 atom stereocenters. The van der Waals surface area contributed by atoms with E-state index in [0.29, 0.717) is 5.69 Å². The molecule has 1 N–H and O–H groups in total. The highest BCUT2D eigenvalue weighted by Gasteiger charge is 2.32. The second-order valence-electron chi connectivity index (χ2n) is 3.75. The largest absolute Gasteiger partial charge is 0.573 e. The van der Waals surface area contributed by atoms with Crippen LogP contribution in [0, 0.1) is 0 Å². The van der Waals surface area contributed by atoms with Gasteiger partial charge in [-0.1, -0.05) is 12.1 Å². The van der Waals surface area contributed by atoms with Crippen molar-refractivity contribution in [3.05, 3.63) is 24.3 Å². The fourth-order valence-corrected chi connectivity index (χ4v) is 2.82. The Morgan fingerprint density at radius 3 is 2.71 bits per heavy atom. The molecule has 2 nitrogen and oxygen atoms in total. The van der Waals surface area contributed by atoms with Gasteiger partial charge in [0, 0.05) is 11.8 Å². The first-order valence-electron chi connectivity index (χ1n) is 5.24. The van der Waals surface area contributed by atoms with Gasteiger partial charge in [0.05, 0.1) is 5.69 Å². The second-order valence-corrected chi connectivity index (χ2v) is 4.90. The van der Waals surface area contributed by atoms with E-state index in [1.807, 2.05) is 0 Å². The lowest BCUT2D eigenvalue weighted by Gasteiger charge is -2.17. The Morgan fingerprint density at radius 2 is 2.06 bits per heavy atom. The fraction of sp³-hybridized carbons (Fsp3) is 0.455. The Hall–Kier alpha value is -1.04. The predicted octanol–water partition coefficient (Wildman–Crippen LogP) is 3.50. The van der Waals surface area contributed by atoms with Crippen LogP contribution in [0.3, 0.4) is 0 Å². The maximum atomic E-state index is 12.2. The molecule has 0 aliphatic carbocycles. The van der Waals surface area contributed by atoms with E-state index in [4.69, 9.17) is 0 Å². The van der Waals surface area contributed by atoms with Crippen molar-refractivity contribution in [1.82, 2.24) is 0 Å². The number of anilines is 1. The number of halogens is 3. The quantitative estimate of drug-likeness (QED) is 0.901. The molecular formula is C11H12F3NOS. The zero-order valence-corrected chi connectivity index (χ0v) is 9.77. The van der Waals surface area contributed by atoms with Crippen molar-refractivity contribution in [2.75, 3.05) is 16.8 Å². The Morgan fingerprint density at radius 1 is 1.29 bits per heavy atom. The lowest BCUT2D eigenvalue weighted by atomic mass is 10.2. The lowest BCUT2D eigenvalue weighted by molar-refractivity contribution is -0.274. The zero-order valence-electron chi connectivity index (χ0n) is 8.96. The van der Waals surface area contributed by atoms with E-state index in [2.05, 4.69) is 10.1 Å². The molecule has 0 radical (unpaired) electrons. The average molecular weight is 263 g/mol. The Labute approximate surface area is 102 Å². The first-order chi connectivity index (χ1) is 8.04. The standard InChI is InChI=1S/C11H12F3NOS/c12-11(13,14)16-10-4-2-1-3-9(10)15-8-5-6-17-7-8/h1-4,8,15H,5-7H2. The van der Waals surface area contributed by atoms with Gasteiger partial charge in [-0.25, -0.2) is 0 Å². The van der Waals surface area contributed by atoms with Gasteiger partial charge in [0.15, 0.2) is 5.75 Å². The molecule has 0 amide bonds. The minimum atomic E-state index is -4.65. The van der Waals surface area contributed by atoms with Gasteiger partial charge in [0.1, 0.15) is 0 Å². The van der Waals surface area contributed by atoms with Crippen LogP contribution in [-0.2, 0) is 0 Å². The van der Waals surface area contributed by atoms with Crippen molar-refractivity contribution in [2.24, 2.45) is 0 Å². The molecule has 1 aliphatic rings. The molecule has 0 aromatic heterocycles. The number of para-hydroxylation sites is 2. The highest BCUT2D eigenvalue weighted by Crippen LogP contribution is 2.32. The van der Waals surface area contributed by atoms with Crippen LogP contribution in [0.4, 0.5) is 18.9 Å². The number of hydrogen-bond acceptors (Lipinski definition) is 3. The molecule has 1 fully saturated rings. The van der Waals surface area contributed by atoms with Crippen LogP contribution in [0.1, 0.15) is 6.42 Å². The van der Waals surface area contributed by atoms with E-state index < -0.39 is 6.36 Å². The average Bonchev–Trinajstić information content (AvgIpc) is 2.71. The molecule has 0 bridgehead atoms. The summed E-state index contributed by atoms with van der Waals surface area (Å²) in [7, 11) is 0. The second kappa shape index (κ2) is 5.08. The van der Waals surface area contributed by atoms with Crippen LogP contribution in [0.15, 0.2) is 24.3 Å². The first kappa shape index (κ1) is 12.4. The van der Waals surface area contributed by atoms with Gasteiger partial charge in [-0.05, 0) is 24.3 Å². The first-order valence-corrected chi connectivity index (χ1v) is 6.39. The number of ether oxygens (including phenoxy) is 1. The Balaban J connectivity index is 2.09. The van der Waals surface area contributed by atoms with Crippen molar-refractivity contribution in [3.8, 4) is 5.75 Å². The minimum absolute atomic E-state index is 0.170. The van der Waals surface area contributed by atoms with E-state index in [1.54, 1.807) is 23.9 Å². The summed E-state index contributed by atoms with van der Waals surface area (Å²) < 4.78 is 40.5. The molecule has 1 unspecified atom stereocenters. The highest BCUT2D eigenvalue weighted by molar-refractivity contribution is 7.99. The van der Waals surface area contributed by atoms with Crippen LogP contribution in [0.5, 0.6) is 5.75 Å². The van der Waals surface area contributed by atoms with Crippen molar-refractivity contribution in [1.29, 1.82) is 0 Å². The molecule has 1 aromatic rings. The van der Waals surface area contributed by atoms with Crippen LogP contribution < -0.4 is 10.1 Å². The molecule has 1 aromatic carbocycles. The van der Waals surface area contributed by atoms with Crippen LogP contribution in [-0.4, -0.2) is 23.9 Å². The molecule has 17 heavy (non-hydrogen) atoms. The van der Waals surface area contributed by atoms with E-state index >= 15 is 0 Å². The third kappa shape index (κ3) is 3.73. The van der Waals surface area contributed by atoms with E-state index in [1.165, 1.54) is 12.1 Å². The minimum Gasteiger partial charge on any atom is -0.404 e. The molecule has 0 spiro atoms. The van der Waals surface area contributed by atoms with Crippen molar-refractivity contribution in [3.63, 3.8) is 0 Å². The fourth-order valence-electron chi connectivity index (χ4n) is 1.67. The number of rotatable bonds is 3. The summed E-state index contributed by atoms with van der Waals surface area (Å²) in [4.78, 5) is 0. The Bertz CT molecular complexity index is 377. The SMILES string of the molecule is FC(F)(F)Oc1ccccc1NC1CCSC1. The van der Waals surface area contributed by atoms with Gasteiger partial charge in [-0.3, -0.25) is 0 Å². The third-order valence-corrected chi connectivity index (χ3v) is 3.56. The summed E-state index contributed by atoms with van der Waals surface area (Å²) in [5, 5.41) is 3.09. The molecule has 0 saturated carbocycles. The maximum Gasteiger partial charge on any atom is 0.573 e. The molecule has 1 aliphatic heterocycles. The number of thioether (sulfide) groups is 1. The van der Waals surface area contributed by atoms with Gasteiger partial charge < -0.3 is 10.1 Å². The smallest absolute Gasteiger partial charge is 0.404 e. The van der Waals surface area contributed by atoms with Crippen molar-refractivity contribution in [2.45, 2.75) is 18.8 Å². The summed E-state index contributed by atoms with van der Waals surface area (Å²) in [5.41, 5.74) is 0.400. The number of hydrogen-bond donors (Lipinski definition) is 1. The summed E-state index contributed by atoms with van der Waals surface area (Å²) in [6, 6.07) is 6.35. The molecule has 2 rings (SSSR count). The number of alkyl halides is 3.